The lowest BCUT2D eigenvalue weighted by atomic mass is 10.2. The van der Waals surface area contributed by atoms with E-state index in [1.807, 2.05) is 13.0 Å². The van der Waals surface area contributed by atoms with Gasteiger partial charge in [-0.2, -0.15) is 0 Å². The number of aryl methyl sites for hydroxylation is 1. The molecule has 0 bridgehead atoms. The summed E-state index contributed by atoms with van der Waals surface area (Å²) in [6, 6.07) is 18.8. The van der Waals surface area contributed by atoms with Crippen LogP contribution in [-0.4, -0.2) is 26.6 Å². The third-order valence-electron chi connectivity index (χ3n) is 4.98. The summed E-state index contributed by atoms with van der Waals surface area (Å²) < 4.78 is 33.3. The second-order valence-electron chi connectivity index (χ2n) is 7.52. The highest BCUT2D eigenvalue weighted by atomic mass is 35.5. The van der Waals surface area contributed by atoms with Crippen molar-refractivity contribution in [2.45, 2.75) is 11.8 Å². The SMILES string of the molecule is COC(=O)c1sc2cc(NC(=S)Nc3ccc(NS(=O)(=O)c4ccc(C)cc4)cc3)ccc2c1Cl. The molecule has 11 heteroatoms. The average molecular weight is 546 g/mol. The Labute approximate surface area is 217 Å². The first-order valence-electron chi connectivity index (χ1n) is 10.2. The molecule has 3 N–H and O–H groups in total. The Morgan fingerprint density at radius 2 is 1.54 bits per heavy atom. The molecule has 3 aromatic carbocycles. The number of methoxy groups -OCH3 is 1. The molecular formula is C24H20ClN3O4S3. The smallest absolute Gasteiger partial charge is 0.349 e. The number of nitrogens with one attached hydrogen (secondary N) is 3. The molecule has 4 rings (SSSR count). The topological polar surface area (TPSA) is 96.5 Å². The van der Waals surface area contributed by atoms with Gasteiger partial charge < -0.3 is 15.4 Å². The number of sulfonamides is 1. The van der Waals surface area contributed by atoms with Crippen molar-refractivity contribution in [3.8, 4) is 0 Å². The van der Waals surface area contributed by atoms with Crippen LogP contribution in [0.5, 0.6) is 0 Å². The van der Waals surface area contributed by atoms with Crippen molar-refractivity contribution in [2.75, 3.05) is 22.5 Å². The molecule has 1 heterocycles. The maximum Gasteiger partial charge on any atom is 0.349 e. The lowest BCUT2D eigenvalue weighted by Crippen LogP contribution is -2.19. The van der Waals surface area contributed by atoms with Crippen molar-refractivity contribution in [2.24, 2.45) is 0 Å². The number of carbonyl (C=O) groups excluding carboxylic acids is 1. The van der Waals surface area contributed by atoms with Gasteiger partial charge in [0.15, 0.2) is 5.11 Å². The number of halogens is 1. The van der Waals surface area contributed by atoms with E-state index in [1.54, 1.807) is 60.7 Å². The van der Waals surface area contributed by atoms with Crippen LogP contribution in [0.2, 0.25) is 5.02 Å². The zero-order chi connectivity index (χ0) is 25.2. The Morgan fingerprint density at radius 1 is 0.943 bits per heavy atom. The van der Waals surface area contributed by atoms with Gasteiger partial charge in [-0.3, -0.25) is 4.72 Å². The van der Waals surface area contributed by atoms with Crippen molar-refractivity contribution in [1.29, 1.82) is 0 Å². The molecule has 0 aliphatic heterocycles. The number of carbonyl (C=O) groups is 1. The monoisotopic (exact) mass is 545 g/mol. The summed E-state index contributed by atoms with van der Waals surface area (Å²) in [5.41, 5.74) is 2.80. The Hall–Kier alpha value is -3.18. The first kappa shape index (κ1) is 24.9. The van der Waals surface area contributed by atoms with E-state index in [2.05, 4.69) is 15.4 Å². The fraction of sp³-hybridized carbons (Fsp3) is 0.0833. The number of thiocarbonyl (C=S) groups is 1. The zero-order valence-electron chi connectivity index (χ0n) is 18.6. The molecule has 0 aliphatic carbocycles. The summed E-state index contributed by atoms with van der Waals surface area (Å²) in [4.78, 5) is 12.4. The van der Waals surface area contributed by atoms with E-state index in [0.717, 1.165) is 15.6 Å². The van der Waals surface area contributed by atoms with Gasteiger partial charge in [0, 0.05) is 27.1 Å². The van der Waals surface area contributed by atoms with Gasteiger partial charge in [-0.25, -0.2) is 13.2 Å². The van der Waals surface area contributed by atoms with Gasteiger partial charge >= 0.3 is 5.97 Å². The Morgan fingerprint density at radius 3 is 2.20 bits per heavy atom. The molecule has 0 saturated heterocycles. The molecule has 0 fully saturated rings. The van der Waals surface area contributed by atoms with Gasteiger partial charge in [0.25, 0.3) is 10.0 Å². The normalized spacial score (nSPS) is 11.2. The highest BCUT2D eigenvalue weighted by molar-refractivity contribution is 7.92. The third-order valence-corrected chi connectivity index (χ3v) is 8.22. The first-order valence-corrected chi connectivity index (χ1v) is 13.3. The number of rotatable bonds is 6. The molecule has 0 atom stereocenters. The van der Waals surface area contributed by atoms with Gasteiger partial charge in [-0.05, 0) is 73.7 Å². The minimum Gasteiger partial charge on any atom is -0.465 e. The van der Waals surface area contributed by atoms with Crippen LogP contribution in [-0.2, 0) is 14.8 Å². The molecule has 0 amide bonds. The number of ether oxygens (including phenoxy) is 1. The maximum absolute atomic E-state index is 12.6. The minimum atomic E-state index is -3.68. The number of hydrogen-bond donors (Lipinski definition) is 3. The molecule has 0 spiro atoms. The van der Waals surface area contributed by atoms with Crippen molar-refractivity contribution in [1.82, 2.24) is 0 Å². The van der Waals surface area contributed by atoms with E-state index in [0.29, 0.717) is 32.1 Å². The summed E-state index contributed by atoms with van der Waals surface area (Å²) in [6.07, 6.45) is 0. The first-order chi connectivity index (χ1) is 16.7. The standard InChI is InChI=1S/C24H20ClN3O4S3/c1-14-3-10-18(11-4-14)35(30,31)28-16-7-5-15(6-8-16)26-24(33)27-17-9-12-19-20(13-17)34-22(21(19)25)23(29)32-2/h3-13,28H,1-2H3,(H2,26,27,33). The van der Waals surface area contributed by atoms with Crippen molar-refractivity contribution >= 4 is 83.4 Å². The molecule has 35 heavy (non-hydrogen) atoms. The summed E-state index contributed by atoms with van der Waals surface area (Å²) in [6.45, 7) is 1.89. The predicted molar refractivity (Wildman–Crippen MR) is 146 cm³/mol. The van der Waals surface area contributed by atoms with Crippen LogP contribution in [0.1, 0.15) is 15.2 Å². The van der Waals surface area contributed by atoms with Crippen LogP contribution in [0.15, 0.2) is 71.6 Å². The number of thiophene rings is 1. The van der Waals surface area contributed by atoms with Gasteiger partial charge in [0.05, 0.1) is 17.0 Å². The Balaban J connectivity index is 1.41. The largest absolute Gasteiger partial charge is 0.465 e. The summed E-state index contributed by atoms with van der Waals surface area (Å²) in [7, 11) is -2.37. The van der Waals surface area contributed by atoms with Crippen molar-refractivity contribution in [3.05, 3.63) is 82.2 Å². The van der Waals surface area contributed by atoms with Crippen molar-refractivity contribution < 1.29 is 17.9 Å². The molecule has 0 unspecified atom stereocenters. The fourth-order valence-electron chi connectivity index (χ4n) is 3.21. The molecule has 1 aromatic heterocycles. The second kappa shape index (κ2) is 10.2. The number of fused-ring (bicyclic) bond motifs is 1. The van der Waals surface area contributed by atoms with Crippen LogP contribution < -0.4 is 15.4 Å². The molecule has 0 aliphatic rings. The number of esters is 1. The van der Waals surface area contributed by atoms with Gasteiger partial charge in [0.1, 0.15) is 4.88 Å². The predicted octanol–water partition coefficient (Wildman–Crippen LogP) is 6.26. The zero-order valence-corrected chi connectivity index (χ0v) is 21.8. The second-order valence-corrected chi connectivity index (χ2v) is 11.0. The van der Waals surface area contributed by atoms with Gasteiger partial charge in [0.2, 0.25) is 0 Å². The number of anilines is 3. The highest BCUT2D eigenvalue weighted by Gasteiger charge is 2.18. The lowest BCUT2D eigenvalue weighted by molar-refractivity contribution is 0.0606. The fourth-order valence-corrected chi connectivity index (χ4v) is 5.97. The molecule has 0 saturated carbocycles. The molecule has 0 radical (unpaired) electrons. The molecule has 180 valence electrons. The van der Waals surface area contributed by atoms with E-state index < -0.39 is 16.0 Å². The summed E-state index contributed by atoms with van der Waals surface area (Å²) >= 11 is 12.9. The van der Waals surface area contributed by atoms with Crippen LogP contribution in [0, 0.1) is 6.92 Å². The molecular weight excluding hydrogens is 526 g/mol. The Kier molecular flexibility index (Phi) is 7.27. The Bertz CT molecular complexity index is 1520. The van der Waals surface area contributed by atoms with Crippen LogP contribution in [0.25, 0.3) is 10.1 Å². The summed E-state index contributed by atoms with van der Waals surface area (Å²) in [5, 5.41) is 7.61. The minimum absolute atomic E-state index is 0.193. The quantitative estimate of drug-likeness (QED) is 0.194. The van der Waals surface area contributed by atoms with Crippen LogP contribution >= 0.6 is 35.2 Å². The third kappa shape index (κ3) is 5.73. The highest BCUT2D eigenvalue weighted by Crippen LogP contribution is 2.37. The van der Waals surface area contributed by atoms with Crippen LogP contribution in [0.3, 0.4) is 0 Å². The van der Waals surface area contributed by atoms with E-state index in [1.165, 1.54) is 18.4 Å². The average Bonchev–Trinajstić information content (AvgIpc) is 3.15. The van der Waals surface area contributed by atoms with E-state index in [-0.39, 0.29) is 4.90 Å². The van der Waals surface area contributed by atoms with Crippen molar-refractivity contribution in [3.63, 3.8) is 0 Å². The van der Waals surface area contributed by atoms with E-state index >= 15 is 0 Å². The molecule has 7 nitrogen and oxygen atoms in total. The lowest BCUT2D eigenvalue weighted by Gasteiger charge is -2.12. The summed E-state index contributed by atoms with van der Waals surface area (Å²) in [5.74, 6) is -0.479. The van der Waals surface area contributed by atoms with Crippen LogP contribution in [0.4, 0.5) is 17.1 Å². The van der Waals surface area contributed by atoms with E-state index in [4.69, 9.17) is 28.6 Å². The maximum atomic E-state index is 12.6. The van der Waals surface area contributed by atoms with Gasteiger partial charge in [-0.15, -0.1) is 11.3 Å². The van der Waals surface area contributed by atoms with E-state index in [9.17, 15) is 13.2 Å². The molecule has 4 aromatic rings. The van der Waals surface area contributed by atoms with Gasteiger partial charge in [-0.1, -0.05) is 29.3 Å². The number of benzene rings is 3. The number of hydrogen-bond acceptors (Lipinski definition) is 6.